The highest BCUT2D eigenvalue weighted by atomic mass is 32.1. The molecule has 0 fully saturated rings. The third-order valence-corrected chi connectivity index (χ3v) is 4.52. The summed E-state index contributed by atoms with van der Waals surface area (Å²) in [6.07, 6.45) is 1.07. The van der Waals surface area contributed by atoms with Crippen molar-refractivity contribution in [3.8, 4) is 5.75 Å². The Labute approximate surface area is 128 Å². The molecule has 0 aliphatic heterocycles. The van der Waals surface area contributed by atoms with E-state index in [1.807, 2.05) is 12.1 Å². The van der Waals surface area contributed by atoms with E-state index in [0.717, 1.165) is 23.5 Å². The van der Waals surface area contributed by atoms with Gasteiger partial charge in [0.15, 0.2) is 0 Å². The minimum Gasteiger partial charge on any atom is -0.487 e. The van der Waals surface area contributed by atoms with Crippen LogP contribution in [-0.2, 0) is 12.0 Å². The predicted octanol–water partition coefficient (Wildman–Crippen LogP) is 4.11. The van der Waals surface area contributed by atoms with E-state index in [4.69, 9.17) is 9.84 Å². The van der Waals surface area contributed by atoms with Crippen molar-refractivity contribution in [1.29, 1.82) is 0 Å². The zero-order valence-corrected chi connectivity index (χ0v) is 13.2. The van der Waals surface area contributed by atoms with Crippen LogP contribution in [0.15, 0.2) is 29.6 Å². The lowest BCUT2D eigenvalue weighted by atomic mass is 9.82. The van der Waals surface area contributed by atoms with Gasteiger partial charge in [-0.2, -0.15) is 0 Å². The highest BCUT2D eigenvalue weighted by Crippen LogP contribution is 2.28. The summed E-state index contributed by atoms with van der Waals surface area (Å²) in [5.41, 5.74) is 2.07. The number of hydrogen-bond acceptors (Lipinski definition) is 4. The quantitative estimate of drug-likeness (QED) is 0.872. The molecule has 0 radical (unpaired) electrons. The molecule has 0 saturated carbocycles. The van der Waals surface area contributed by atoms with Crippen molar-refractivity contribution in [2.24, 2.45) is 0 Å². The van der Waals surface area contributed by atoms with Crippen LogP contribution >= 0.6 is 11.3 Å². The van der Waals surface area contributed by atoms with Gasteiger partial charge >= 0.3 is 5.97 Å². The summed E-state index contributed by atoms with van der Waals surface area (Å²) in [5, 5.41) is 10.6. The minimum atomic E-state index is -1.00. The van der Waals surface area contributed by atoms with Crippen LogP contribution in [0.2, 0.25) is 0 Å². The molecule has 4 nitrogen and oxygen atoms in total. The normalized spacial score (nSPS) is 11.4. The fraction of sp³-hybridized carbons (Fsp3) is 0.375. The highest BCUT2D eigenvalue weighted by molar-refractivity contribution is 7.11. The molecule has 2 aromatic rings. The first kappa shape index (κ1) is 15.5. The van der Waals surface area contributed by atoms with E-state index in [0.29, 0.717) is 5.69 Å². The maximum atomic E-state index is 10.8. The van der Waals surface area contributed by atoms with Crippen LogP contribution in [0.1, 0.15) is 48.3 Å². The van der Waals surface area contributed by atoms with Crippen molar-refractivity contribution >= 4 is 17.3 Å². The molecule has 0 amide bonds. The molecule has 1 aromatic carbocycles. The van der Waals surface area contributed by atoms with Crippen LogP contribution in [0.3, 0.4) is 0 Å². The number of aromatic carboxylic acids is 1. The topological polar surface area (TPSA) is 59.4 Å². The maximum Gasteiger partial charge on any atom is 0.365 e. The van der Waals surface area contributed by atoms with Crippen LogP contribution in [0.5, 0.6) is 5.75 Å². The van der Waals surface area contributed by atoms with E-state index >= 15 is 0 Å². The molecule has 1 aromatic heterocycles. The molecule has 0 bridgehead atoms. The summed E-state index contributed by atoms with van der Waals surface area (Å²) >= 11 is 1.11. The van der Waals surface area contributed by atoms with E-state index < -0.39 is 5.97 Å². The van der Waals surface area contributed by atoms with Gasteiger partial charge in [-0.15, -0.1) is 11.3 Å². The molecule has 1 N–H and O–H groups in total. The van der Waals surface area contributed by atoms with Gasteiger partial charge in [0.05, 0.1) is 5.69 Å². The first-order chi connectivity index (χ1) is 9.92. The first-order valence-corrected chi connectivity index (χ1v) is 7.71. The summed E-state index contributed by atoms with van der Waals surface area (Å²) in [4.78, 5) is 14.7. The lowest BCUT2D eigenvalue weighted by Gasteiger charge is -2.23. The number of aromatic nitrogens is 1. The Bertz CT molecular complexity index is 617. The zero-order valence-electron chi connectivity index (χ0n) is 12.4. The third kappa shape index (κ3) is 3.82. The number of thiazole rings is 1. The molecule has 1 heterocycles. The van der Waals surface area contributed by atoms with Crippen molar-refractivity contribution in [1.82, 2.24) is 4.98 Å². The minimum absolute atomic E-state index is 0.0913. The summed E-state index contributed by atoms with van der Waals surface area (Å²) in [6.45, 7) is 6.88. The van der Waals surface area contributed by atoms with Gasteiger partial charge in [0.25, 0.3) is 0 Å². The Morgan fingerprint density at radius 2 is 2.00 bits per heavy atom. The van der Waals surface area contributed by atoms with E-state index in [1.54, 1.807) is 5.38 Å². The zero-order chi connectivity index (χ0) is 15.5. The molecule has 0 unspecified atom stereocenters. The predicted molar refractivity (Wildman–Crippen MR) is 83.2 cm³/mol. The number of carboxylic acids is 1. The number of hydrogen-bond donors (Lipinski definition) is 1. The maximum absolute atomic E-state index is 10.8. The molecule has 0 saturated heterocycles. The second-order valence-electron chi connectivity index (χ2n) is 5.50. The van der Waals surface area contributed by atoms with Gasteiger partial charge in [-0.1, -0.05) is 32.9 Å². The number of carbonyl (C=O) groups is 1. The number of nitrogens with zero attached hydrogens (tertiary/aromatic N) is 1. The summed E-state index contributed by atoms with van der Waals surface area (Å²) < 4.78 is 5.64. The van der Waals surface area contributed by atoms with Gasteiger partial charge in [-0.05, 0) is 29.5 Å². The lowest BCUT2D eigenvalue weighted by molar-refractivity contribution is 0.0696. The average Bonchev–Trinajstić information content (AvgIpc) is 2.95. The van der Waals surface area contributed by atoms with Crippen molar-refractivity contribution in [3.63, 3.8) is 0 Å². The Balaban J connectivity index is 1.99. The molecule has 21 heavy (non-hydrogen) atoms. The van der Waals surface area contributed by atoms with Gasteiger partial charge < -0.3 is 9.84 Å². The van der Waals surface area contributed by atoms with Gasteiger partial charge in [0.1, 0.15) is 12.4 Å². The second-order valence-corrected chi connectivity index (χ2v) is 6.36. The SMILES string of the molecule is CCC(C)(C)c1ccc(OCc2csc(C(=O)O)n2)cc1. The van der Waals surface area contributed by atoms with Crippen LogP contribution < -0.4 is 4.74 Å². The Kier molecular flexibility index (Phi) is 4.63. The van der Waals surface area contributed by atoms with Crippen LogP contribution in [0, 0.1) is 0 Å². The van der Waals surface area contributed by atoms with Crippen LogP contribution in [0.25, 0.3) is 0 Å². The highest BCUT2D eigenvalue weighted by Gasteiger charge is 2.17. The van der Waals surface area contributed by atoms with Crippen LogP contribution in [0.4, 0.5) is 0 Å². The van der Waals surface area contributed by atoms with E-state index in [-0.39, 0.29) is 17.0 Å². The van der Waals surface area contributed by atoms with Gasteiger partial charge in [0.2, 0.25) is 5.01 Å². The Morgan fingerprint density at radius 3 is 2.52 bits per heavy atom. The Morgan fingerprint density at radius 1 is 1.33 bits per heavy atom. The number of benzene rings is 1. The summed E-state index contributed by atoms with van der Waals surface area (Å²) in [7, 11) is 0. The second kappa shape index (κ2) is 6.26. The van der Waals surface area contributed by atoms with Gasteiger partial charge in [-0.3, -0.25) is 0 Å². The lowest BCUT2D eigenvalue weighted by Crippen LogP contribution is -2.15. The first-order valence-electron chi connectivity index (χ1n) is 6.83. The smallest absolute Gasteiger partial charge is 0.365 e. The van der Waals surface area contributed by atoms with E-state index in [2.05, 4.69) is 37.9 Å². The monoisotopic (exact) mass is 305 g/mol. The van der Waals surface area contributed by atoms with E-state index in [9.17, 15) is 4.79 Å². The van der Waals surface area contributed by atoms with Gasteiger partial charge in [0, 0.05) is 5.38 Å². The molecule has 0 aliphatic carbocycles. The molecule has 5 heteroatoms. The van der Waals surface area contributed by atoms with Crippen LogP contribution in [-0.4, -0.2) is 16.1 Å². The molecule has 112 valence electrons. The number of rotatable bonds is 6. The number of carboxylic acid groups (broad SMARTS) is 1. The van der Waals surface area contributed by atoms with Gasteiger partial charge in [-0.25, -0.2) is 9.78 Å². The van der Waals surface area contributed by atoms with Crippen molar-refractivity contribution in [2.45, 2.75) is 39.2 Å². The molecule has 2 rings (SSSR count). The Hall–Kier alpha value is -1.88. The standard InChI is InChI=1S/C16H19NO3S/c1-4-16(2,3)11-5-7-13(8-6-11)20-9-12-10-21-14(17-12)15(18)19/h5-8,10H,4,9H2,1-3H3,(H,18,19). The fourth-order valence-corrected chi connectivity index (χ4v) is 2.47. The number of ether oxygens (including phenoxy) is 1. The van der Waals surface area contributed by atoms with E-state index in [1.165, 1.54) is 5.56 Å². The molecular weight excluding hydrogens is 286 g/mol. The molecule has 0 aliphatic rings. The average molecular weight is 305 g/mol. The third-order valence-electron chi connectivity index (χ3n) is 3.64. The largest absolute Gasteiger partial charge is 0.487 e. The molecule has 0 atom stereocenters. The summed E-state index contributed by atoms with van der Waals surface area (Å²) in [6, 6.07) is 8.03. The fourth-order valence-electron chi connectivity index (χ4n) is 1.84. The van der Waals surface area contributed by atoms with Crippen molar-refractivity contribution in [3.05, 3.63) is 45.9 Å². The molecular formula is C16H19NO3S. The van der Waals surface area contributed by atoms with Crippen molar-refractivity contribution in [2.75, 3.05) is 0 Å². The molecule has 0 spiro atoms. The van der Waals surface area contributed by atoms with Crippen molar-refractivity contribution < 1.29 is 14.6 Å². The summed E-state index contributed by atoms with van der Waals surface area (Å²) in [5.74, 6) is -0.243.